The zero-order chi connectivity index (χ0) is 20.0. The number of piperidine rings is 1. The molecule has 0 saturated carbocycles. The molecule has 2 aliphatic rings. The summed E-state index contributed by atoms with van der Waals surface area (Å²) in [6.45, 7) is 1.49. The lowest BCUT2D eigenvalue weighted by atomic mass is 9.88. The number of nitrogens with one attached hydrogen (secondary N) is 1. The number of sulfonamides is 1. The minimum atomic E-state index is -4.81. The van der Waals surface area contributed by atoms with E-state index in [-0.39, 0.29) is 32.5 Å². The highest BCUT2D eigenvalue weighted by atomic mass is 32.2. The highest BCUT2D eigenvalue weighted by molar-refractivity contribution is 7.89. The van der Waals surface area contributed by atoms with Crippen LogP contribution in [0.1, 0.15) is 25.3 Å². The molecule has 1 aromatic rings. The third-order valence-corrected chi connectivity index (χ3v) is 6.91. The van der Waals surface area contributed by atoms with Crippen molar-refractivity contribution in [3.8, 4) is 0 Å². The Balaban J connectivity index is 1.85. The van der Waals surface area contributed by atoms with Crippen molar-refractivity contribution < 1.29 is 31.2 Å². The van der Waals surface area contributed by atoms with Crippen LogP contribution in [0.2, 0.25) is 0 Å². The molecule has 0 aromatic heterocycles. The predicted molar refractivity (Wildman–Crippen MR) is 88.1 cm³/mol. The second kappa shape index (κ2) is 6.48. The maximum Gasteiger partial charge on any atom is 0.417 e. The summed E-state index contributed by atoms with van der Waals surface area (Å²) in [7, 11) is -4.40. The van der Waals surface area contributed by atoms with E-state index >= 15 is 0 Å². The van der Waals surface area contributed by atoms with Gasteiger partial charge in [0.05, 0.1) is 10.5 Å². The van der Waals surface area contributed by atoms with Crippen molar-refractivity contribution in [1.29, 1.82) is 0 Å². The summed E-state index contributed by atoms with van der Waals surface area (Å²) >= 11 is 0. The molecule has 0 bridgehead atoms. The highest BCUT2D eigenvalue weighted by Crippen LogP contribution is 2.37. The van der Waals surface area contributed by atoms with Gasteiger partial charge in [0.1, 0.15) is 5.54 Å². The number of rotatable bonds is 3. The van der Waals surface area contributed by atoms with Gasteiger partial charge in [-0.3, -0.25) is 9.69 Å². The van der Waals surface area contributed by atoms with E-state index in [9.17, 15) is 31.2 Å². The van der Waals surface area contributed by atoms with E-state index in [0.29, 0.717) is 0 Å². The van der Waals surface area contributed by atoms with Gasteiger partial charge in [0.15, 0.2) is 0 Å². The topological polar surface area (TPSA) is 86.8 Å². The summed E-state index contributed by atoms with van der Waals surface area (Å²) in [4.78, 5) is 24.6. The molecule has 0 aliphatic carbocycles. The van der Waals surface area contributed by atoms with Crippen molar-refractivity contribution in [2.24, 2.45) is 0 Å². The van der Waals surface area contributed by atoms with Gasteiger partial charge in [0.25, 0.3) is 5.91 Å². The van der Waals surface area contributed by atoms with Crippen molar-refractivity contribution in [2.75, 3.05) is 19.6 Å². The van der Waals surface area contributed by atoms with Gasteiger partial charge in [-0.25, -0.2) is 13.2 Å². The monoisotopic (exact) mass is 405 g/mol. The molecule has 2 fully saturated rings. The Morgan fingerprint density at radius 1 is 1.15 bits per heavy atom. The van der Waals surface area contributed by atoms with Gasteiger partial charge >= 0.3 is 12.2 Å². The third kappa shape index (κ3) is 3.18. The van der Waals surface area contributed by atoms with E-state index in [1.54, 1.807) is 6.92 Å². The molecule has 11 heteroatoms. The normalized spacial score (nSPS) is 21.0. The van der Waals surface area contributed by atoms with Gasteiger partial charge in [-0.15, -0.1) is 0 Å². The summed E-state index contributed by atoms with van der Waals surface area (Å²) in [6, 6.07) is 3.45. The first kappa shape index (κ1) is 19.6. The molecular weight excluding hydrogens is 387 g/mol. The number of nitrogens with zero attached hydrogens (tertiary/aromatic N) is 2. The van der Waals surface area contributed by atoms with E-state index in [2.05, 4.69) is 5.32 Å². The van der Waals surface area contributed by atoms with Crippen LogP contribution in [0.5, 0.6) is 0 Å². The van der Waals surface area contributed by atoms with Crippen LogP contribution < -0.4 is 5.32 Å². The van der Waals surface area contributed by atoms with E-state index in [0.717, 1.165) is 27.4 Å². The zero-order valence-electron chi connectivity index (χ0n) is 14.4. The van der Waals surface area contributed by atoms with Crippen LogP contribution in [-0.4, -0.2) is 54.7 Å². The minimum Gasteiger partial charge on any atom is -0.323 e. The lowest BCUT2D eigenvalue weighted by Crippen LogP contribution is -2.55. The fraction of sp³-hybridized carbons (Fsp3) is 0.500. The number of benzene rings is 1. The van der Waals surface area contributed by atoms with E-state index < -0.39 is 44.1 Å². The molecule has 3 amide bonds. The largest absolute Gasteiger partial charge is 0.417 e. The Morgan fingerprint density at radius 2 is 1.74 bits per heavy atom. The van der Waals surface area contributed by atoms with Crippen molar-refractivity contribution in [2.45, 2.75) is 36.4 Å². The van der Waals surface area contributed by atoms with Gasteiger partial charge in [-0.05, 0) is 31.9 Å². The standard InChI is InChI=1S/C16H18F3N3O4S/c1-2-22-13(23)15(20-14(22)24)7-9-21(10-8-15)27(25,26)12-6-4-3-5-11(12)16(17,18)19/h3-6H,2,7-10H2,1H3,(H,20,24). The predicted octanol–water partition coefficient (Wildman–Crippen LogP) is 1.80. The maximum absolute atomic E-state index is 13.2. The number of alkyl halides is 3. The molecule has 7 nitrogen and oxygen atoms in total. The van der Waals surface area contributed by atoms with Crippen LogP contribution in [0.25, 0.3) is 0 Å². The molecule has 148 valence electrons. The van der Waals surface area contributed by atoms with Gasteiger partial charge in [0, 0.05) is 19.6 Å². The number of urea groups is 1. The summed E-state index contributed by atoms with van der Waals surface area (Å²) < 4.78 is 66.0. The summed E-state index contributed by atoms with van der Waals surface area (Å²) in [5, 5.41) is 2.60. The summed E-state index contributed by atoms with van der Waals surface area (Å²) in [5.41, 5.74) is -2.42. The molecule has 2 aliphatic heterocycles. The number of imide groups is 1. The molecule has 1 spiro atoms. The lowest BCUT2D eigenvalue weighted by Gasteiger charge is -2.36. The van der Waals surface area contributed by atoms with Gasteiger partial charge in [0.2, 0.25) is 10.0 Å². The Kier molecular flexibility index (Phi) is 4.71. The Labute approximate surface area is 154 Å². The van der Waals surface area contributed by atoms with E-state index in [4.69, 9.17) is 0 Å². The SMILES string of the molecule is CCN1C(=O)NC2(CCN(S(=O)(=O)c3ccccc3C(F)(F)F)CC2)C1=O. The molecule has 2 saturated heterocycles. The minimum absolute atomic E-state index is 0.00148. The number of hydrogen-bond acceptors (Lipinski definition) is 4. The number of amides is 3. The maximum atomic E-state index is 13.2. The van der Waals surface area contributed by atoms with Gasteiger partial charge in [-0.1, -0.05) is 12.1 Å². The van der Waals surface area contributed by atoms with Crippen LogP contribution >= 0.6 is 0 Å². The average Bonchev–Trinajstić information content (AvgIpc) is 2.84. The van der Waals surface area contributed by atoms with Crippen molar-refractivity contribution >= 4 is 22.0 Å². The molecule has 0 radical (unpaired) electrons. The van der Waals surface area contributed by atoms with Crippen LogP contribution in [0.3, 0.4) is 0 Å². The third-order valence-electron chi connectivity index (χ3n) is 4.95. The molecule has 2 heterocycles. The van der Waals surface area contributed by atoms with Crippen molar-refractivity contribution in [3.05, 3.63) is 29.8 Å². The van der Waals surface area contributed by atoms with Crippen LogP contribution in [0, 0.1) is 0 Å². The Hall–Kier alpha value is -2.14. The smallest absolute Gasteiger partial charge is 0.323 e. The number of carbonyl (C=O) groups is 2. The number of carbonyl (C=O) groups excluding carboxylic acids is 2. The van der Waals surface area contributed by atoms with Crippen LogP contribution in [-0.2, 0) is 21.0 Å². The molecule has 1 aromatic carbocycles. The van der Waals surface area contributed by atoms with Gasteiger partial charge < -0.3 is 5.32 Å². The van der Waals surface area contributed by atoms with Crippen molar-refractivity contribution in [1.82, 2.24) is 14.5 Å². The van der Waals surface area contributed by atoms with Gasteiger partial charge in [-0.2, -0.15) is 17.5 Å². The second-order valence-corrected chi connectivity index (χ2v) is 8.37. The molecule has 3 rings (SSSR count). The Morgan fingerprint density at radius 3 is 2.26 bits per heavy atom. The first-order valence-corrected chi connectivity index (χ1v) is 9.77. The first-order valence-electron chi connectivity index (χ1n) is 8.33. The van der Waals surface area contributed by atoms with Crippen LogP contribution in [0.4, 0.5) is 18.0 Å². The molecule has 0 atom stereocenters. The summed E-state index contributed by atoms with van der Waals surface area (Å²) in [6.07, 6.45) is -4.80. The molecular formula is C16H18F3N3O4S. The number of hydrogen-bond donors (Lipinski definition) is 1. The highest BCUT2D eigenvalue weighted by Gasteiger charge is 2.53. The molecule has 27 heavy (non-hydrogen) atoms. The molecule has 0 unspecified atom stereocenters. The molecule has 1 N–H and O–H groups in total. The van der Waals surface area contributed by atoms with E-state index in [1.165, 1.54) is 6.07 Å². The lowest BCUT2D eigenvalue weighted by molar-refractivity contribution is -0.140. The first-order chi connectivity index (χ1) is 12.5. The fourth-order valence-corrected chi connectivity index (χ4v) is 5.13. The van der Waals surface area contributed by atoms with Crippen molar-refractivity contribution in [3.63, 3.8) is 0 Å². The second-order valence-electron chi connectivity index (χ2n) is 6.46. The number of halogens is 3. The van der Waals surface area contributed by atoms with Crippen LogP contribution in [0.15, 0.2) is 29.2 Å². The zero-order valence-corrected chi connectivity index (χ0v) is 15.2. The number of likely N-dealkylation sites (N-methyl/N-ethyl adjacent to an activating group) is 1. The fourth-order valence-electron chi connectivity index (χ4n) is 3.48. The van der Waals surface area contributed by atoms with E-state index in [1.807, 2.05) is 0 Å². The average molecular weight is 405 g/mol. The quantitative estimate of drug-likeness (QED) is 0.777. The Bertz CT molecular complexity index is 877. The summed E-state index contributed by atoms with van der Waals surface area (Å²) in [5.74, 6) is -0.428.